The molecule has 0 aliphatic carbocycles. The molecule has 4 rings (SSSR count). The molecule has 0 N–H and O–H groups in total. The van der Waals surface area contributed by atoms with E-state index in [-0.39, 0.29) is 30.3 Å². The van der Waals surface area contributed by atoms with Crippen LogP contribution in [0.1, 0.15) is 25.7 Å². The van der Waals surface area contributed by atoms with E-state index in [1.165, 1.54) is 22.3 Å². The predicted octanol–water partition coefficient (Wildman–Crippen LogP) is 2.47. The minimum absolute atomic E-state index is 0. The molecule has 0 saturated carbocycles. The van der Waals surface area contributed by atoms with Crippen molar-refractivity contribution in [3.05, 3.63) is 103 Å². The normalized spacial score (nSPS) is 16.6. The quantitative estimate of drug-likeness (QED) is 0.229. The van der Waals surface area contributed by atoms with Gasteiger partial charge in [-0.25, -0.2) is 0 Å². The zero-order chi connectivity index (χ0) is 21.2. The summed E-state index contributed by atoms with van der Waals surface area (Å²) in [6, 6.07) is 33.2. The van der Waals surface area contributed by atoms with E-state index in [1.807, 2.05) is 0 Å². The Labute approximate surface area is 210 Å². The first-order chi connectivity index (χ1) is 15.4. The van der Waals surface area contributed by atoms with Gasteiger partial charge in [0.25, 0.3) is 0 Å². The molecule has 1 aliphatic rings. The van der Waals surface area contributed by atoms with E-state index in [2.05, 4.69) is 103 Å². The van der Waals surface area contributed by atoms with E-state index >= 15 is 0 Å². The maximum absolute atomic E-state index is 5.87. The Bertz CT molecular complexity index is 829. The van der Waals surface area contributed by atoms with Crippen molar-refractivity contribution < 1.29 is 33.5 Å². The summed E-state index contributed by atoms with van der Waals surface area (Å²) >= 11 is 0. The molecule has 168 valence electrons. The summed E-state index contributed by atoms with van der Waals surface area (Å²) in [4.78, 5) is 0. The molecule has 0 amide bonds. The van der Waals surface area contributed by atoms with Crippen LogP contribution in [0.5, 0.6) is 0 Å². The van der Waals surface area contributed by atoms with Gasteiger partial charge in [-0.2, -0.15) is 0 Å². The van der Waals surface area contributed by atoms with Crippen molar-refractivity contribution in [3.8, 4) is 0 Å². The maximum atomic E-state index is 5.87. The summed E-state index contributed by atoms with van der Waals surface area (Å²) in [5.74, 6) is 0. The number of hydrogen-bond acceptors (Lipinski definition) is 2. The number of ether oxygens (including phenoxy) is 2. The van der Waals surface area contributed by atoms with Gasteiger partial charge in [-0.3, -0.25) is 0 Å². The molecule has 0 spiro atoms. The largest absolute Gasteiger partial charge is 1.00 e. The Hall–Kier alpha value is -1.52. The van der Waals surface area contributed by atoms with Gasteiger partial charge >= 0.3 is 0 Å². The Kier molecular flexibility index (Phi) is 10.4. The summed E-state index contributed by atoms with van der Waals surface area (Å²) in [6.45, 7) is 1.45. The van der Waals surface area contributed by atoms with Crippen molar-refractivity contribution >= 4 is 23.2 Å². The van der Waals surface area contributed by atoms with Gasteiger partial charge in [0, 0.05) is 13.0 Å². The summed E-state index contributed by atoms with van der Waals surface area (Å²) in [5.41, 5.74) is 0. The molecule has 0 radical (unpaired) electrons. The lowest BCUT2D eigenvalue weighted by molar-refractivity contribution is -0.155. The molecule has 1 unspecified atom stereocenters. The lowest BCUT2D eigenvalue weighted by atomic mass is 10.2. The van der Waals surface area contributed by atoms with Crippen molar-refractivity contribution in [3.63, 3.8) is 0 Å². The monoisotopic (exact) mass is 558 g/mol. The number of benzene rings is 3. The fraction of sp³-hybridized carbons (Fsp3) is 0.286. The summed E-state index contributed by atoms with van der Waals surface area (Å²) in [5, 5.41) is 4.31. The molecule has 1 aliphatic heterocycles. The zero-order valence-electron chi connectivity index (χ0n) is 18.5. The van der Waals surface area contributed by atoms with Gasteiger partial charge < -0.3 is 33.5 Å². The SMILES string of the molecule is C(=C/COC1CCCCO1)/CC[P+](c1ccccc1)(c1ccccc1)c1ccccc1.[I-]. The molecule has 3 aromatic carbocycles. The van der Waals surface area contributed by atoms with Crippen LogP contribution in [0.15, 0.2) is 103 Å². The standard InChI is InChI=1S/C28H32O2P.HI/c1-5-15-25(16-6-1)31(26-17-7-2-8-18-26,27-19-9-3-10-20-27)24-14-4-12-22-29-28-21-11-13-23-30-28;/h1-10,12,15-20,28H,11,13-14,21-24H2;1H/q+1;/p-1/b12-4-;. The lowest BCUT2D eigenvalue weighted by Gasteiger charge is -2.27. The zero-order valence-corrected chi connectivity index (χ0v) is 21.5. The van der Waals surface area contributed by atoms with Gasteiger partial charge in [0.1, 0.15) is 23.2 Å². The third kappa shape index (κ3) is 6.29. The van der Waals surface area contributed by atoms with Crippen LogP contribution < -0.4 is 39.9 Å². The Balaban J connectivity index is 0.00000289. The van der Waals surface area contributed by atoms with Crippen LogP contribution >= 0.6 is 7.26 Å². The van der Waals surface area contributed by atoms with Gasteiger partial charge in [-0.05, 0) is 55.7 Å². The maximum Gasteiger partial charge on any atom is 0.157 e. The molecule has 32 heavy (non-hydrogen) atoms. The third-order valence-electron chi connectivity index (χ3n) is 5.90. The van der Waals surface area contributed by atoms with Crippen molar-refractivity contribution in [2.24, 2.45) is 0 Å². The van der Waals surface area contributed by atoms with Crippen molar-refractivity contribution in [1.82, 2.24) is 0 Å². The second-order valence-corrected chi connectivity index (χ2v) is 11.5. The van der Waals surface area contributed by atoms with Crippen LogP contribution in [-0.2, 0) is 9.47 Å². The van der Waals surface area contributed by atoms with Gasteiger partial charge in [-0.1, -0.05) is 66.7 Å². The first-order valence-electron chi connectivity index (χ1n) is 11.3. The average Bonchev–Trinajstić information content (AvgIpc) is 2.86. The van der Waals surface area contributed by atoms with E-state index in [4.69, 9.17) is 9.47 Å². The highest BCUT2D eigenvalue weighted by atomic mass is 127. The molecule has 4 heteroatoms. The smallest absolute Gasteiger partial charge is 0.157 e. The minimum Gasteiger partial charge on any atom is -1.00 e. The van der Waals surface area contributed by atoms with Crippen molar-refractivity contribution in [1.29, 1.82) is 0 Å². The third-order valence-corrected chi connectivity index (χ3v) is 10.4. The summed E-state index contributed by atoms with van der Waals surface area (Å²) < 4.78 is 11.5. The molecular formula is C28H32IO2P. The van der Waals surface area contributed by atoms with Gasteiger partial charge in [0.05, 0.1) is 12.8 Å². The Morgan fingerprint density at radius 3 is 1.75 bits per heavy atom. The number of rotatable bonds is 9. The second-order valence-electron chi connectivity index (χ2n) is 7.93. The number of halogens is 1. The van der Waals surface area contributed by atoms with Crippen LogP contribution in [0.25, 0.3) is 0 Å². The molecule has 3 aromatic rings. The highest BCUT2D eigenvalue weighted by Crippen LogP contribution is 2.55. The second kappa shape index (κ2) is 13.3. The van der Waals surface area contributed by atoms with E-state index in [0.717, 1.165) is 32.0 Å². The summed E-state index contributed by atoms with van der Waals surface area (Å²) in [6.07, 6.45) is 9.90. The predicted molar refractivity (Wildman–Crippen MR) is 133 cm³/mol. The fourth-order valence-corrected chi connectivity index (χ4v) is 8.59. The lowest BCUT2D eigenvalue weighted by Crippen LogP contribution is -3.00. The highest BCUT2D eigenvalue weighted by Gasteiger charge is 2.44. The first-order valence-corrected chi connectivity index (χ1v) is 13.3. The molecule has 1 saturated heterocycles. The molecule has 1 heterocycles. The number of allylic oxidation sites excluding steroid dienone is 1. The summed E-state index contributed by atoms with van der Waals surface area (Å²) in [7, 11) is -1.75. The van der Waals surface area contributed by atoms with Crippen LogP contribution in [0, 0.1) is 0 Å². The van der Waals surface area contributed by atoms with Gasteiger partial charge in [0.2, 0.25) is 0 Å². The van der Waals surface area contributed by atoms with E-state index in [1.54, 1.807) is 0 Å². The molecule has 1 atom stereocenters. The molecule has 0 bridgehead atoms. The van der Waals surface area contributed by atoms with Crippen molar-refractivity contribution in [2.45, 2.75) is 32.0 Å². The van der Waals surface area contributed by atoms with Gasteiger partial charge in [0.15, 0.2) is 6.29 Å². The van der Waals surface area contributed by atoms with E-state index in [0.29, 0.717) is 6.61 Å². The first kappa shape index (κ1) is 25.1. The van der Waals surface area contributed by atoms with Crippen LogP contribution in [0.3, 0.4) is 0 Å². The van der Waals surface area contributed by atoms with Crippen LogP contribution in [0.2, 0.25) is 0 Å². The van der Waals surface area contributed by atoms with Crippen molar-refractivity contribution in [2.75, 3.05) is 19.4 Å². The topological polar surface area (TPSA) is 18.5 Å². The number of hydrogen-bond donors (Lipinski definition) is 0. The highest BCUT2D eigenvalue weighted by molar-refractivity contribution is 7.95. The average molecular weight is 558 g/mol. The molecular weight excluding hydrogens is 526 g/mol. The van der Waals surface area contributed by atoms with Crippen LogP contribution in [0.4, 0.5) is 0 Å². The Morgan fingerprint density at radius 2 is 1.28 bits per heavy atom. The van der Waals surface area contributed by atoms with E-state index in [9.17, 15) is 0 Å². The molecule has 1 fully saturated rings. The van der Waals surface area contributed by atoms with Crippen LogP contribution in [-0.4, -0.2) is 25.7 Å². The minimum atomic E-state index is -1.75. The molecule has 2 nitrogen and oxygen atoms in total. The Morgan fingerprint density at radius 1 is 0.750 bits per heavy atom. The fourth-order valence-electron chi connectivity index (χ4n) is 4.34. The molecule has 0 aromatic heterocycles. The van der Waals surface area contributed by atoms with E-state index < -0.39 is 7.26 Å². The van der Waals surface area contributed by atoms with Gasteiger partial charge in [-0.15, -0.1) is 0 Å².